The van der Waals surface area contributed by atoms with E-state index in [1.54, 1.807) is 0 Å². The lowest BCUT2D eigenvalue weighted by Crippen LogP contribution is -2.52. The Hall–Kier alpha value is -2.63. The molecule has 1 atom stereocenters. The van der Waals surface area contributed by atoms with Gasteiger partial charge in [0.15, 0.2) is 11.9 Å². The van der Waals surface area contributed by atoms with E-state index in [2.05, 4.69) is 35.0 Å². The molecule has 1 saturated heterocycles. The number of amides is 1. The third kappa shape index (κ3) is 3.81. The summed E-state index contributed by atoms with van der Waals surface area (Å²) in [4.78, 5) is 16.9. The van der Waals surface area contributed by atoms with Crippen LogP contribution in [0.1, 0.15) is 35.7 Å². The first kappa shape index (κ1) is 18.7. The average molecular weight is 380 g/mol. The van der Waals surface area contributed by atoms with Crippen molar-refractivity contribution in [3.8, 4) is 5.75 Å². The molecule has 1 aromatic heterocycles. The second kappa shape index (κ2) is 7.78. The van der Waals surface area contributed by atoms with Crippen molar-refractivity contribution in [1.82, 2.24) is 15.1 Å². The minimum Gasteiger partial charge on any atom is -0.481 e. The van der Waals surface area contributed by atoms with Crippen molar-refractivity contribution >= 4 is 11.7 Å². The van der Waals surface area contributed by atoms with Gasteiger partial charge in [-0.25, -0.2) is 0 Å². The van der Waals surface area contributed by atoms with E-state index in [1.165, 1.54) is 23.1 Å². The van der Waals surface area contributed by atoms with Gasteiger partial charge in [-0.15, -0.1) is 5.10 Å². The molecule has 2 aliphatic rings. The number of nitrogens with zero attached hydrogens (tertiary/aromatic N) is 4. The third-order valence-electron chi connectivity index (χ3n) is 5.86. The molecule has 148 valence electrons. The summed E-state index contributed by atoms with van der Waals surface area (Å²) in [6.07, 6.45) is 2.83. The van der Waals surface area contributed by atoms with Gasteiger partial charge in [0, 0.05) is 26.2 Å². The topological polar surface area (TPSA) is 58.6 Å². The maximum absolute atomic E-state index is 12.8. The first-order valence-corrected chi connectivity index (χ1v) is 10.1. The number of anilines is 1. The highest BCUT2D eigenvalue weighted by Gasteiger charge is 2.27. The molecule has 0 spiro atoms. The molecular formula is C22H28N4O2. The van der Waals surface area contributed by atoms with E-state index in [-0.39, 0.29) is 5.91 Å². The van der Waals surface area contributed by atoms with E-state index in [9.17, 15) is 4.79 Å². The lowest BCUT2D eigenvalue weighted by molar-refractivity contribution is -0.138. The van der Waals surface area contributed by atoms with Gasteiger partial charge in [0.2, 0.25) is 0 Å². The van der Waals surface area contributed by atoms with Gasteiger partial charge < -0.3 is 14.5 Å². The molecule has 2 aromatic rings. The third-order valence-corrected chi connectivity index (χ3v) is 5.86. The predicted molar refractivity (Wildman–Crippen MR) is 109 cm³/mol. The summed E-state index contributed by atoms with van der Waals surface area (Å²) in [5.41, 5.74) is 4.87. The summed E-state index contributed by atoms with van der Waals surface area (Å²) in [7, 11) is 0. The Kier molecular flexibility index (Phi) is 5.20. The van der Waals surface area contributed by atoms with Crippen molar-refractivity contribution in [2.24, 2.45) is 0 Å². The monoisotopic (exact) mass is 380 g/mol. The van der Waals surface area contributed by atoms with E-state index in [4.69, 9.17) is 4.74 Å². The predicted octanol–water partition coefficient (Wildman–Crippen LogP) is 2.70. The molecule has 0 bridgehead atoms. The number of piperazine rings is 1. The number of fused-ring (bicyclic) bond motifs is 1. The van der Waals surface area contributed by atoms with Gasteiger partial charge in [-0.3, -0.25) is 4.79 Å². The zero-order valence-electron chi connectivity index (χ0n) is 16.9. The van der Waals surface area contributed by atoms with Crippen molar-refractivity contribution in [2.75, 3.05) is 31.1 Å². The van der Waals surface area contributed by atoms with Gasteiger partial charge in [0.25, 0.3) is 5.91 Å². The SMILES string of the molecule is Cc1ccc(OC(C)C(=O)N2CCN(c3cc4c(nn3)CCC4)CC2)cc1C. The van der Waals surface area contributed by atoms with Crippen LogP contribution in [0.3, 0.4) is 0 Å². The number of ether oxygens (including phenoxy) is 1. The molecule has 4 rings (SSSR count). The van der Waals surface area contributed by atoms with E-state index in [0.717, 1.165) is 43.2 Å². The van der Waals surface area contributed by atoms with Gasteiger partial charge >= 0.3 is 0 Å². The van der Waals surface area contributed by atoms with Crippen LogP contribution in [0.2, 0.25) is 0 Å². The summed E-state index contributed by atoms with van der Waals surface area (Å²) in [5.74, 6) is 1.72. The Morgan fingerprint density at radius 2 is 1.82 bits per heavy atom. The van der Waals surface area contributed by atoms with Crippen molar-refractivity contribution in [3.05, 3.63) is 46.6 Å². The van der Waals surface area contributed by atoms with Crippen molar-refractivity contribution in [1.29, 1.82) is 0 Å². The van der Waals surface area contributed by atoms with Crippen molar-refractivity contribution < 1.29 is 9.53 Å². The number of carbonyl (C=O) groups excluding carboxylic acids is 1. The summed E-state index contributed by atoms with van der Waals surface area (Å²) in [6.45, 7) is 8.85. The van der Waals surface area contributed by atoms with Gasteiger partial charge in [-0.2, -0.15) is 5.10 Å². The van der Waals surface area contributed by atoms with Crippen molar-refractivity contribution in [3.63, 3.8) is 0 Å². The number of rotatable bonds is 4. The van der Waals surface area contributed by atoms with E-state index in [0.29, 0.717) is 13.1 Å². The fraction of sp³-hybridized carbons (Fsp3) is 0.500. The number of benzene rings is 1. The second-order valence-corrected chi connectivity index (χ2v) is 7.85. The fourth-order valence-electron chi connectivity index (χ4n) is 3.93. The lowest BCUT2D eigenvalue weighted by Gasteiger charge is -2.36. The Morgan fingerprint density at radius 3 is 2.57 bits per heavy atom. The maximum atomic E-state index is 12.8. The van der Waals surface area contributed by atoms with E-state index < -0.39 is 6.10 Å². The molecule has 1 aliphatic heterocycles. The van der Waals surface area contributed by atoms with E-state index >= 15 is 0 Å². The summed E-state index contributed by atoms with van der Waals surface area (Å²) >= 11 is 0. The first-order valence-electron chi connectivity index (χ1n) is 10.1. The lowest BCUT2D eigenvalue weighted by atomic mass is 10.1. The van der Waals surface area contributed by atoms with Crippen LogP contribution in [0.4, 0.5) is 5.82 Å². The largest absolute Gasteiger partial charge is 0.481 e. The van der Waals surface area contributed by atoms with Crippen LogP contribution >= 0.6 is 0 Å². The minimum atomic E-state index is -0.492. The second-order valence-electron chi connectivity index (χ2n) is 7.85. The Balaban J connectivity index is 1.33. The molecule has 1 aromatic carbocycles. The number of hydrogen-bond donors (Lipinski definition) is 0. The molecule has 6 nitrogen and oxygen atoms in total. The summed E-state index contributed by atoms with van der Waals surface area (Å²) < 4.78 is 5.90. The minimum absolute atomic E-state index is 0.0397. The Labute approximate surface area is 166 Å². The molecular weight excluding hydrogens is 352 g/mol. The van der Waals surface area contributed by atoms with E-state index in [1.807, 2.05) is 30.0 Å². The quantitative estimate of drug-likeness (QED) is 0.816. The zero-order valence-corrected chi connectivity index (χ0v) is 16.9. The van der Waals surface area contributed by atoms with Gasteiger partial charge in [-0.05, 0) is 74.9 Å². The highest BCUT2D eigenvalue weighted by molar-refractivity contribution is 5.81. The number of aromatic nitrogens is 2. The molecule has 0 saturated carbocycles. The Bertz CT molecular complexity index is 875. The van der Waals surface area contributed by atoms with Crippen LogP contribution in [-0.4, -0.2) is 53.3 Å². The molecule has 0 N–H and O–H groups in total. The summed E-state index contributed by atoms with van der Waals surface area (Å²) in [5, 5.41) is 8.78. The van der Waals surface area contributed by atoms with Crippen LogP contribution in [0.25, 0.3) is 0 Å². The molecule has 1 aliphatic carbocycles. The van der Waals surface area contributed by atoms with Crippen LogP contribution in [0, 0.1) is 13.8 Å². The molecule has 2 heterocycles. The number of hydrogen-bond acceptors (Lipinski definition) is 5. The first-order chi connectivity index (χ1) is 13.5. The van der Waals surface area contributed by atoms with Crippen LogP contribution in [0.5, 0.6) is 5.75 Å². The number of aryl methyl sites for hydroxylation is 4. The van der Waals surface area contributed by atoms with Crippen LogP contribution in [-0.2, 0) is 17.6 Å². The molecule has 1 fully saturated rings. The molecule has 0 radical (unpaired) electrons. The zero-order chi connectivity index (χ0) is 19.7. The highest BCUT2D eigenvalue weighted by Crippen LogP contribution is 2.24. The molecule has 6 heteroatoms. The normalized spacial score (nSPS) is 17.4. The fourth-order valence-corrected chi connectivity index (χ4v) is 3.93. The molecule has 1 unspecified atom stereocenters. The van der Waals surface area contributed by atoms with Gasteiger partial charge in [0.1, 0.15) is 5.75 Å². The van der Waals surface area contributed by atoms with Crippen LogP contribution < -0.4 is 9.64 Å². The van der Waals surface area contributed by atoms with Gasteiger partial charge in [-0.1, -0.05) is 6.07 Å². The standard InChI is InChI=1S/C22H28N4O2/c1-15-7-8-19(13-16(15)2)28-17(3)22(27)26-11-9-25(10-12-26)21-14-18-5-4-6-20(18)23-24-21/h7-8,13-14,17H,4-6,9-12H2,1-3H3. The maximum Gasteiger partial charge on any atom is 0.263 e. The van der Waals surface area contributed by atoms with Gasteiger partial charge in [0.05, 0.1) is 5.69 Å². The van der Waals surface area contributed by atoms with Crippen LogP contribution in [0.15, 0.2) is 24.3 Å². The Morgan fingerprint density at radius 1 is 1.04 bits per heavy atom. The summed E-state index contributed by atoms with van der Waals surface area (Å²) in [6, 6.07) is 8.12. The smallest absolute Gasteiger partial charge is 0.263 e. The molecule has 28 heavy (non-hydrogen) atoms. The van der Waals surface area contributed by atoms with Crippen molar-refractivity contribution in [2.45, 2.75) is 46.1 Å². The number of carbonyl (C=O) groups is 1. The molecule has 1 amide bonds. The highest BCUT2D eigenvalue weighted by atomic mass is 16.5. The average Bonchev–Trinajstić information content (AvgIpc) is 3.18.